The molecular weight excluding hydrogens is 188 g/mol. The molecule has 0 aliphatic heterocycles. The zero-order valence-electron chi connectivity index (χ0n) is 11.0. The third-order valence-corrected chi connectivity index (χ3v) is 3.14. The first kappa shape index (κ1) is 14.9. The summed E-state index contributed by atoms with van der Waals surface area (Å²) in [6.45, 7) is 11.1. The van der Waals surface area contributed by atoms with Crippen LogP contribution >= 0.6 is 0 Å². The Labute approximate surface area is 94.9 Å². The van der Waals surface area contributed by atoms with Gasteiger partial charge in [-0.05, 0) is 32.9 Å². The van der Waals surface area contributed by atoms with Gasteiger partial charge in [0.25, 0.3) is 0 Å². The van der Waals surface area contributed by atoms with Crippen LogP contribution in [0.25, 0.3) is 0 Å². The van der Waals surface area contributed by atoms with Crippen LogP contribution in [-0.4, -0.2) is 48.8 Å². The van der Waals surface area contributed by atoms with Crippen molar-refractivity contribution in [3.8, 4) is 0 Å². The smallest absolute Gasteiger partial charge is 0.0446 e. The van der Waals surface area contributed by atoms with E-state index < -0.39 is 0 Å². The molecule has 2 unspecified atom stereocenters. The lowest BCUT2D eigenvalue weighted by molar-refractivity contribution is 0.172. The van der Waals surface area contributed by atoms with Crippen LogP contribution in [0, 0.1) is 5.92 Å². The van der Waals surface area contributed by atoms with E-state index in [4.69, 9.17) is 5.11 Å². The molecule has 0 aromatic carbocycles. The normalized spacial score (nSPS) is 16.0. The predicted octanol–water partition coefficient (Wildman–Crippen LogP) is 1.32. The number of hydrogen-bond donors (Lipinski definition) is 2. The second kappa shape index (κ2) is 8.08. The summed E-state index contributed by atoms with van der Waals surface area (Å²) in [5.74, 6) is 0.673. The van der Waals surface area contributed by atoms with Gasteiger partial charge in [-0.3, -0.25) is 0 Å². The topological polar surface area (TPSA) is 35.5 Å². The molecule has 0 aromatic rings. The minimum atomic E-state index is 0.265. The van der Waals surface area contributed by atoms with E-state index in [1.807, 2.05) is 0 Å². The van der Waals surface area contributed by atoms with Gasteiger partial charge in [-0.25, -0.2) is 0 Å². The Hall–Kier alpha value is -0.120. The fourth-order valence-corrected chi connectivity index (χ4v) is 1.73. The average Bonchev–Trinajstić information content (AvgIpc) is 2.17. The first-order valence-electron chi connectivity index (χ1n) is 6.07. The molecule has 92 valence electrons. The lowest BCUT2D eigenvalue weighted by Gasteiger charge is -2.31. The Balaban J connectivity index is 4.02. The molecule has 2 atom stereocenters. The second-order valence-electron chi connectivity index (χ2n) is 4.69. The van der Waals surface area contributed by atoms with Crippen LogP contribution in [0.4, 0.5) is 0 Å². The molecule has 3 nitrogen and oxygen atoms in total. The Morgan fingerprint density at radius 1 is 1.27 bits per heavy atom. The number of nitrogens with one attached hydrogen (secondary N) is 1. The highest BCUT2D eigenvalue weighted by Crippen LogP contribution is 2.09. The molecule has 2 N–H and O–H groups in total. The summed E-state index contributed by atoms with van der Waals surface area (Å²) in [6, 6.07) is 0.996. The fraction of sp³-hybridized carbons (Fsp3) is 1.00. The van der Waals surface area contributed by atoms with Crippen LogP contribution in [0.3, 0.4) is 0 Å². The van der Waals surface area contributed by atoms with Gasteiger partial charge in [0.15, 0.2) is 0 Å². The molecule has 0 rings (SSSR count). The largest absolute Gasteiger partial charge is 0.396 e. The predicted molar refractivity (Wildman–Crippen MR) is 66.1 cm³/mol. The molecule has 0 aliphatic carbocycles. The number of aliphatic hydroxyl groups is 1. The van der Waals surface area contributed by atoms with Crippen molar-refractivity contribution < 1.29 is 5.11 Å². The van der Waals surface area contributed by atoms with E-state index >= 15 is 0 Å². The number of nitrogens with zero attached hydrogens (tertiary/aromatic N) is 1. The SMILES string of the molecule is CCNC(CCO)CN(C)C(C)C(C)C. The summed E-state index contributed by atoms with van der Waals surface area (Å²) in [7, 11) is 2.16. The Morgan fingerprint density at radius 3 is 2.27 bits per heavy atom. The highest BCUT2D eigenvalue weighted by molar-refractivity contribution is 4.74. The molecule has 3 heteroatoms. The van der Waals surface area contributed by atoms with Gasteiger partial charge < -0.3 is 15.3 Å². The van der Waals surface area contributed by atoms with E-state index in [1.54, 1.807) is 0 Å². The number of rotatable bonds is 8. The lowest BCUT2D eigenvalue weighted by Crippen LogP contribution is -2.44. The standard InChI is InChI=1S/C12H28N2O/c1-6-13-12(7-8-15)9-14(5)11(4)10(2)3/h10-13,15H,6-9H2,1-5H3. The van der Waals surface area contributed by atoms with Crippen LogP contribution in [0.1, 0.15) is 34.1 Å². The second-order valence-corrected chi connectivity index (χ2v) is 4.69. The zero-order valence-corrected chi connectivity index (χ0v) is 11.0. The third kappa shape index (κ3) is 6.13. The molecule has 15 heavy (non-hydrogen) atoms. The van der Waals surface area contributed by atoms with Gasteiger partial charge >= 0.3 is 0 Å². The van der Waals surface area contributed by atoms with Crippen LogP contribution in [0.5, 0.6) is 0 Å². The third-order valence-electron chi connectivity index (χ3n) is 3.14. The van der Waals surface area contributed by atoms with Crippen LogP contribution in [0.2, 0.25) is 0 Å². The fourth-order valence-electron chi connectivity index (χ4n) is 1.73. The van der Waals surface area contributed by atoms with Gasteiger partial charge in [-0.2, -0.15) is 0 Å². The van der Waals surface area contributed by atoms with Crippen LogP contribution < -0.4 is 5.32 Å². The van der Waals surface area contributed by atoms with Crippen molar-refractivity contribution in [1.29, 1.82) is 0 Å². The molecule has 0 saturated heterocycles. The van der Waals surface area contributed by atoms with Gasteiger partial charge in [-0.15, -0.1) is 0 Å². The number of hydrogen-bond acceptors (Lipinski definition) is 3. The van der Waals surface area contributed by atoms with E-state index in [0.717, 1.165) is 19.5 Å². The Morgan fingerprint density at radius 2 is 1.87 bits per heavy atom. The van der Waals surface area contributed by atoms with Crippen molar-refractivity contribution in [1.82, 2.24) is 10.2 Å². The molecule has 0 aromatic heterocycles. The minimum absolute atomic E-state index is 0.265. The van der Waals surface area contributed by atoms with Gasteiger partial charge in [0, 0.05) is 25.2 Å². The van der Waals surface area contributed by atoms with Crippen molar-refractivity contribution >= 4 is 0 Å². The highest BCUT2D eigenvalue weighted by Gasteiger charge is 2.16. The lowest BCUT2D eigenvalue weighted by atomic mass is 10.0. The summed E-state index contributed by atoms with van der Waals surface area (Å²) < 4.78 is 0. The van der Waals surface area contributed by atoms with Gasteiger partial charge in [0.05, 0.1) is 0 Å². The monoisotopic (exact) mass is 216 g/mol. The molecule has 0 amide bonds. The summed E-state index contributed by atoms with van der Waals surface area (Å²) in [4.78, 5) is 2.37. The maximum Gasteiger partial charge on any atom is 0.0446 e. The van der Waals surface area contributed by atoms with Crippen molar-refractivity contribution in [2.24, 2.45) is 5.92 Å². The molecule has 0 heterocycles. The molecule has 0 spiro atoms. The van der Waals surface area contributed by atoms with Crippen molar-refractivity contribution in [2.45, 2.75) is 46.2 Å². The maximum atomic E-state index is 8.97. The Kier molecular flexibility index (Phi) is 8.02. The summed E-state index contributed by atoms with van der Waals surface area (Å²) in [5.41, 5.74) is 0. The zero-order chi connectivity index (χ0) is 11.8. The first-order chi connectivity index (χ1) is 7.02. The molecule has 0 bridgehead atoms. The van der Waals surface area contributed by atoms with E-state index in [0.29, 0.717) is 18.0 Å². The quantitative estimate of drug-likeness (QED) is 0.642. The number of aliphatic hydroxyl groups excluding tert-OH is 1. The first-order valence-corrected chi connectivity index (χ1v) is 6.07. The van der Waals surface area contributed by atoms with Crippen molar-refractivity contribution in [2.75, 3.05) is 26.7 Å². The van der Waals surface area contributed by atoms with E-state index in [9.17, 15) is 0 Å². The van der Waals surface area contributed by atoms with Crippen molar-refractivity contribution in [3.05, 3.63) is 0 Å². The highest BCUT2D eigenvalue weighted by atomic mass is 16.3. The molecule has 0 fully saturated rings. The van der Waals surface area contributed by atoms with Gasteiger partial charge in [0.1, 0.15) is 0 Å². The van der Waals surface area contributed by atoms with Gasteiger partial charge in [-0.1, -0.05) is 20.8 Å². The van der Waals surface area contributed by atoms with Gasteiger partial charge in [0.2, 0.25) is 0 Å². The minimum Gasteiger partial charge on any atom is -0.396 e. The average molecular weight is 216 g/mol. The maximum absolute atomic E-state index is 8.97. The van der Waals surface area contributed by atoms with E-state index in [-0.39, 0.29) is 6.61 Å². The van der Waals surface area contributed by atoms with E-state index in [2.05, 4.69) is 45.0 Å². The van der Waals surface area contributed by atoms with E-state index in [1.165, 1.54) is 0 Å². The molecule has 0 radical (unpaired) electrons. The number of likely N-dealkylation sites (N-methyl/N-ethyl adjacent to an activating group) is 2. The molecule has 0 saturated carbocycles. The van der Waals surface area contributed by atoms with Crippen LogP contribution in [0.15, 0.2) is 0 Å². The summed E-state index contributed by atoms with van der Waals surface area (Å²) >= 11 is 0. The molecule has 0 aliphatic rings. The summed E-state index contributed by atoms with van der Waals surface area (Å²) in [5, 5.41) is 12.4. The Bertz CT molecular complexity index is 145. The van der Waals surface area contributed by atoms with Crippen LogP contribution in [-0.2, 0) is 0 Å². The molecular formula is C12H28N2O. The van der Waals surface area contributed by atoms with Crippen molar-refractivity contribution in [3.63, 3.8) is 0 Å². The summed E-state index contributed by atoms with van der Waals surface area (Å²) in [6.07, 6.45) is 0.836.